The lowest BCUT2D eigenvalue weighted by atomic mass is 10.0. The van der Waals surface area contributed by atoms with E-state index in [1.807, 2.05) is 55.1 Å². The molecule has 0 radical (unpaired) electrons. The molecule has 1 saturated heterocycles. The summed E-state index contributed by atoms with van der Waals surface area (Å²) in [5, 5.41) is 0. The molecule has 6 heteroatoms. The summed E-state index contributed by atoms with van der Waals surface area (Å²) in [5.74, 6) is 3.70. The lowest BCUT2D eigenvalue weighted by Crippen LogP contribution is -2.46. The summed E-state index contributed by atoms with van der Waals surface area (Å²) in [6, 6.07) is 9.86. The highest BCUT2D eigenvalue weighted by Crippen LogP contribution is 2.23. The van der Waals surface area contributed by atoms with Crippen molar-refractivity contribution in [3.05, 3.63) is 75.6 Å². The number of para-hydroxylation sites is 1. The van der Waals surface area contributed by atoms with Crippen LogP contribution in [-0.4, -0.2) is 52.5 Å². The van der Waals surface area contributed by atoms with Gasteiger partial charge in [0, 0.05) is 51.8 Å². The molecule has 1 fully saturated rings. The van der Waals surface area contributed by atoms with E-state index in [0.717, 1.165) is 61.1 Å². The molecule has 176 valence electrons. The average Bonchev–Trinajstić information content (AvgIpc) is 3.07. The largest absolute Gasteiger partial charge is 0.495 e. The number of rotatable bonds is 8. The zero-order valence-electron chi connectivity index (χ0n) is 20.5. The molecule has 1 aliphatic heterocycles. The van der Waals surface area contributed by atoms with E-state index in [4.69, 9.17) is 11.2 Å². The fourth-order valence-corrected chi connectivity index (χ4v) is 4.57. The third-order valence-corrected chi connectivity index (χ3v) is 6.24. The second kappa shape index (κ2) is 11.1. The van der Waals surface area contributed by atoms with Crippen LogP contribution in [0.5, 0.6) is 0 Å². The number of hydrogen-bond acceptors (Lipinski definition) is 4. The number of hydrogen-bond donors (Lipinski definition) is 0. The predicted octanol–water partition coefficient (Wildman–Crippen LogP) is 3.87. The van der Waals surface area contributed by atoms with Crippen LogP contribution in [0.2, 0.25) is 0 Å². The van der Waals surface area contributed by atoms with Crippen LogP contribution in [0.1, 0.15) is 44.4 Å². The van der Waals surface area contributed by atoms with Crippen LogP contribution < -0.4 is 5.56 Å². The fourth-order valence-electron chi connectivity index (χ4n) is 4.57. The number of piperazine rings is 1. The van der Waals surface area contributed by atoms with Gasteiger partial charge in [-0.3, -0.25) is 14.4 Å². The van der Waals surface area contributed by atoms with E-state index in [9.17, 15) is 4.79 Å². The Morgan fingerprint density at radius 2 is 1.85 bits per heavy atom. The Bertz CT molecular complexity index is 1090. The van der Waals surface area contributed by atoms with Gasteiger partial charge < -0.3 is 9.64 Å². The van der Waals surface area contributed by atoms with Crippen molar-refractivity contribution in [2.75, 3.05) is 33.3 Å². The van der Waals surface area contributed by atoms with Crippen LogP contribution in [0, 0.1) is 12.3 Å². The van der Waals surface area contributed by atoms with Crippen molar-refractivity contribution in [1.29, 1.82) is 0 Å². The van der Waals surface area contributed by atoms with E-state index in [-0.39, 0.29) is 11.5 Å². The highest BCUT2D eigenvalue weighted by atomic mass is 16.5. The molecule has 1 aromatic heterocycles. The van der Waals surface area contributed by atoms with Gasteiger partial charge in [0.1, 0.15) is 5.76 Å². The molecule has 33 heavy (non-hydrogen) atoms. The van der Waals surface area contributed by atoms with Crippen molar-refractivity contribution in [3.63, 3.8) is 0 Å². The van der Waals surface area contributed by atoms with Crippen molar-refractivity contribution < 1.29 is 4.74 Å². The first kappa shape index (κ1) is 24.5. The maximum atomic E-state index is 13.3. The monoisotopic (exact) mass is 448 g/mol. The topological polar surface area (TPSA) is 42.6 Å². The van der Waals surface area contributed by atoms with E-state index in [1.165, 1.54) is 0 Å². The molecule has 3 rings (SSSR count). The van der Waals surface area contributed by atoms with Crippen molar-refractivity contribution >= 4 is 0 Å². The lowest BCUT2D eigenvalue weighted by Gasteiger charge is -2.37. The second-order valence-electron chi connectivity index (χ2n) is 8.61. The van der Waals surface area contributed by atoms with Gasteiger partial charge in [0.25, 0.3) is 5.56 Å². The van der Waals surface area contributed by atoms with Gasteiger partial charge >= 0.3 is 0 Å². The molecule has 0 aliphatic carbocycles. The Labute approximate surface area is 197 Å². The normalized spacial score (nSPS) is 15.7. The van der Waals surface area contributed by atoms with Crippen LogP contribution >= 0.6 is 0 Å². The van der Waals surface area contributed by atoms with Gasteiger partial charge in [-0.15, -0.1) is 12.3 Å². The zero-order chi connectivity index (χ0) is 24.0. The Hall–Kier alpha value is -3.17. The first-order valence-corrected chi connectivity index (χ1v) is 11.6. The molecule has 1 aromatic carbocycles. The van der Waals surface area contributed by atoms with Gasteiger partial charge in [-0.05, 0) is 37.1 Å². The summed E-state index contributed by atoms with van der Waals surface area (Å²) in [5.41, 5.74) is 4.01. The van der Waals surface area contributed by atoms with E-state index in [0.29, 0.717) is 6.42 Å². The second-order valence-corrected chi connectivity index (χ2v) is 8.61. The summed E-state index contributed by atoms with van der Waals surface area (Å²) in [7, 11) is 3.68. The molecular formula is C27H36N4O2. The minimum absolute atomic E-state index is 0.0738. The number of nitrogens with zero attached hydrogens (tertiary/aromatic N) is 4. The molecule has 2 aromatic rings. The number of benzene rings is 1. The van der Waals surface area contributed by atoms with Gasteiger partial charge in [-0.25, -0.2) is 4.68 Å². The molecule has 0 amide bonds. The first-order chi connectivity index (χ1) is 15.9. The van der Waals surface area contributed by atoms with Gasteiger partial charge in [0.2, 0.25) is 0 Å². The first-order valence-electron chi connectivity index (χ1n) is 11.6. The molecule has 0 N–H and O–H groups in total. The van der Waals surface area contributed by atoms with Crippen LogP contribution in [0.15, 0.2) is 58.7 Å². The summed E-state index contributed by atoms with van der Waals surface area (Å²) in [6.45, 7) is 10.5. The summed E-state index contributed by atoms with van der Waals surface area (Å²) < 4.78 is 9.40. The van der Waals surface area contributed by atoms with Crippen molar-refractivity contribution in [3.8, 4) is 18.0 Å². The Morgan fingerprint density at radius 3 is 2.39 bits per heavy atom. The Kier molecular flexibility index (Phi) is 8.24. The number of ether oxygens (including phenoxy) is 1. The van der Waals surface area contributed by atoms with Crippen LogP contribution in [-0.2, 0) is 18.3 Å². The Balaban J connectivity index is 1.82. The van der Waals surface area contributed by atoms with Gasteiger partial charge in [0.15, 0.2) is 0 Å². The van der Waals surface area contributed by atoms with Crippen molar-refractivity contribution in [2.24, 2.45) is 7.05 Å². The molecular weight excluding hydrogens is 412 g/mol. The van der Waals surface area contributed by atoms with Crippen LogP contribution in [0.3, 0.4) is 0 Å². The van der Waals surface area contributed by atoms with Gasteiger partial charge in [-0.1, -0.05) is 32.0 Å². The minimum atomic E-state index is 0.0738. The summed E-state index contributed by atoms with van der Waals surface area (Å²) in [6.07, 6.45) is 10.1. The van der Waals surface area contributed by atoms with E-state index in [1.54, 1.807) is 11.8 Å². The molecule has 6 nitrogen and oxygen atoms in total. The quantitative estimate of drug-likeness (QED) is 0.349. The van der Waals surface area contributed by atoms with E-state index >= 15 is 0 Å². The molecule has 0 bridgehead atoms. The molecule has 0 unspecified atom stereocenters. The number of aromatic nitrogens is 2. The van der Waals surface area contributed by atoms with Crippen molar-refractivity contribution in [2.45, 2.75) is 39.7 Å². The van der Waals surface area contributed by atoms with Gasteiger partial charge in [-0.2, -0.15) is 0 Å². The SMILES string of the molecule is C#CC/C=C(\C(=C/C)OC)N1CCN(Cc2c(C(C)C)c(=O)n(-c3ccccc3)n2C)CC1. The molecule has 1 aliphatic rings. The number of allylic oxidation sites excluding steroid dienone is 2. The lowest BCUT2D eigenvalue weighted by molar-refractivity contribution is 0.141. The third kappa shape index (κ3) is 5.26. The standard InChI is InChI=1S/C27H36N4O2/c1-7-9-15-23(25(8-2)33-6)30-18-16-29(17-19-30)20-24-26(21(3)4)27(32)31(28(24)5)22-13-11-10-12-14-22/h1,8,10-15,21H,9,16-20H2,2-6H3/b23-15+,25-8+. The van der Waals surface area contributed by atoms with E-state index in [2.05, 4.69) is 35.6 Å². The zero-order valence-corrected chi connectivity index (χ0v) is 20.5. The molecule has 0 saturated carbocycles. The maximum Gasteiger partial charge on any atom is 0.275 e. The third-order valence-electron chi connectivity index (χ3n) is 6.24. The minimum Gasteiger partial charge on any atom is -0.495 e. The average molecular weight is 449 g/mol. The number of methoxy groups -OCH3 is 1. The predicted molar refractivity (Wildman–Crippen MR) is 134 cm³/mol. The molecule has 0 spiro atoms. The summed E-state index contributed by atoms with van der Waals surface area (Å²) >= 11 is 0. The van der Waals surface area contributed by atoms with Crippen molar-refractivity contribution in [1.82, 2.24) is 19.2 Å². The maximum absolute atomic E-state index is 13.3. The fraction of sp³-hybridized carbons (Fsp3) is 0.444. The molecule has 2 heterocycles. The van der Waals surface area contributed by atoms with E-state index < -0.39 is 0 Å². The van der Waals surface area contributed by atoms with Gasteiger partial charge in [0.05, 0.1) is 24.2 Å². The van der Waals surface area contributed by atoms with Crippen LogP contribution in [0.25, 0.3) is 5.69 Å². The van der Waals surface area contributed by atoms with Crippen LogP contribution in [0.4, 0.5) is 0 Å². The highest BCUT2D eigenvalue weighted by molar-refractivity contribution is 5.35. The highest BCUT2D eigenvalue weighted by Gasteiger charge is 2.26. The Morgan fingerprint density at radius 1 is 1.18 bits per heavy atom. The summed E-state index contributed by atoms with van der Waals surface area (Å²) in [4.78, 5) is 18.1. The molecule has 0 atom stereocenters. The smallest absolute Gasteiger partial charge is 0.275 e. The number of terminal acetylenes is 1.